The van der Waals surface area contributed by atoms with Gasteiger partial charge in [-0.25, -0.2) is 0 Å². The van der Waals surface area contributed by atoms with Crippen LogP contribution < -0.4 is 20.7 Å². The third-order valence-electron chi connectivity index (χ3n) is 3.80. The van der Waals surface area contributed by atoms with Gasteiger partial charge in [0.1, 0.15) is 11.9 Å². The molecule has 23 heavy (non-hydrogen) atoms. The first-order valence-corrected chi connectivity index (χ1v) is 7.73. The van der Waals surface area contributed by atoms with Crippen LogP contribution in [0.2, 0.25) is 0 Å². The lowest BCUT2D eigenvalue weighted by Crippen LogP contribution is -2.44. The van der Waals surface area contributed by atoms with Gasteiger partial charge in [-0.05, 0) is 30.7 Å². The van der Waals surface area contributed by atoms with Crippen molar-refractivity contribution in [2.75, 3.05) is 23.7 Å². The minimum Gasteiger partial charge on any atom is -0.487 e. The molecular formula is C18H21N3O2. The number of ether oxygens (including phenoxy) is 1. The van der Waals surface area contributed by atoms with Crippen LogP contribution in [0.4, 0.5) is 11.4 Å². The number of nitrogens with one attached hydrogen (secondary N) is 1. The Labute approximate surface area is 136 Å². The molecule has 1 unspecified atom stereocenters. The van der Waals surface area contributed by atoms with Crippen molar-refractivity contribution in [2.45, 2.75) is 19.6 Å². The molecule has 2 aromatic carbocycles. The van der Waals surface area contributed by atoms with Gasteiger partial charge in [0.25, 0.3) is 0 Å². The van der Waals surface area contributed by atoms with Crippen LogP contribution in [-0.4, -0.2) is 25.1 Å². The van der Waals surface area contributed by atoms with Crippen LogP contribution in [-0.2, 0) is 11.3 Å². The minimum absolute atomic E-state index is 0.0173. The first-order chi connectivity index (χ1) is 11.1. The minimum atomic E-state index is -0.0173. The van der Waals surface area contributed by atoms with Crippen molar-refractivity contribution in [1.29, 1.82) is 0 Å². The van der Waals surface area contributed by atoms with Gasteiger partial charge in [0.15, 0.2) is 0 Å². The van der Waals surface area contributed by atoms with Gasteiger partial charge in [-0.3, -0.25) is 4.79 Å². The Balaban J connectivity index is 1.65. The maximum atomic E-state index is 12.3. The Bertz CT molecular complexity index is 688. The van der Waals surface area contributed by atoms with E-state index in [0.717, 1.165) is 17.0 Å². The maximum Gasteiger partial charge on any atom is 0.239 e. The molecule has 3 N–H and O–H groups in total. The molecule has 120 valence electrons. The number of rotatable bonds is 4. The fraction of sp³-hybridized carbons (Fsp3) is 0.278. The zero-order valence-corrected chi connectivity index (χ0v) is 13.2. The summed E-state index contributed by atoms with van der Waals surface area (Å²) in [7, 11) is 0. The van der Waals surface area contributed by atoms with Crippen LogP contribution in [0.3, 0.4) is 0 Å². The summed E-state index contributed by atoms with van der Waals surface area (Å²) in [5.41, 5.74) is 8.48. The van der Waals surface area contributed by atoms with Gasteiger partial charge in [-0.2, -0.15) is 0 Å². The summed E-state index contributed by atoms with van der Waals surface area (Å²) in [4.78, 5) is 14.3. The van der Waals surface area contributed by atoms with Gasteiger partial charge in [0.05, 0.1) is 18.8 Å². The standard InChI is InChI=1S/C18H21N3O2/c1-13-11-21(16-9-15(19)7-8-17(16)23-13)12-18(22)20-10-14-5-3-2-4-6-14/h2-9,13H,10-12,19H2,1H3,(H,20,22). The van der Waals surface area contributed by atoms with E-state index in [1.54, 1.807) is 0 Å². The number of nitrogens with two attached hydrogens (primary N) is 1. The lowest BCUT2D eigenvalue weighted by Gasteiger charge is -2.34. The first kappa shape index (κ1) is 15.2. The monoisotopic (exact) mass is 311 g/mol. The van der Waals surface area contributed by atoms with E-state index in [0.29, 0.717) is 18.8 Å². The molecule has 5 heteroatoms. The number of hydrogen-bond acceptors (Lipinski definition) is 4. The highest BCUT2D eigenvalue weighted by molar-refractivity contribution is 5.82. The number of amides is 1. The highest BCUT2D eigenvalue weighted by Crippen LogP contribution is 2.34. The van der Waals surface area contributed by atoms with Crippen LogP contribution in [0, 0.1) is 0 Å². The van der Waals surface area contributed by atoms with Crippen LogP contribution in [0.1, 0.15) is 12.5 Å². The predicted octanol–water partition coefficient (Wildman–Crippen LogP) is 2.17. The van der Waals surface area contributed by atoms with Crippen LogP contribution >= 0.6 is 0 Å². The van der Waals surface area contributed by atoms with Crippen molar-refractivity contribution in [3.05, 3.63) is 54.1 Å². The molecule has 5 nitrogen and oxygen atoms in total. The number of anilines is 2. The summed E-state index contributed by atoms with van der Waals surface area (Å²) in [5, 5.41) is 2.95. The molecule has 0 saturated carbocycles. The molecule has 0 aromatic heterocycles. The summed E-state index contributed by atoms with van der Waals surface area (Å²) in [6, 6.07) is 15.4. The third kappa shape index (κ3) is 3.74. The number of nitrogen functional groups attached to an aromatic ring is 1. The number of benzene rings is 2. The lowest BCUT2D eigenvalue weighted by molar-refractivity contribution is -0.120. The molecule has 1 atom stereocenters. The predicted molar refractivity (Wildman–Crippen MR) is 91.4 cm³/mol. The van der Waals surface area contributed by atoms with E-state index in [1.165, 1.54) is 0 Å². The third-order valence-corrected chi connectivity index (χ3v) is 3.80. The van der Waals surface area contributed by atoms with Gasteiger partial charge in [0.2, 0.25) is 5.91 Å². The average molecular weight is 311 g/mol. The fourth-order valence-corrected chi connectivity index (χ4v) is 2.72. The van der Waals surface area contributed by atoms with Crippen molar-refractivity contribution in [3.63, 3.8) is 0 Å². The van der Waals surface area contributed by atoms with Gasteiger partial charge in [-0.15, -0.1) is 0 Å². The van der Waals surface area contributed by atoms with Crippen molar-refractivity contribution < 1.29 is 9.53 Å². The highest BCUT2D eigenvalue weighted by atomic mass is 16.5. The van der Waals surface area contributed by atoms with E-state index in [4.69, 9.17) is 10.5 Å². The van der Waals surface area contributed by atoms with E-state index >= 15 is 0 Å². The zero-order valence-electron chi connectivity index (χ0n) is 13.2. The van der Waals surface area contributed by atoms with Gasteiger partial charge in [0, 0.05) is 12.2 Å². The summed E-state index contributed by atoms with van der Waals surface area (Å²) >= 11 is 0. The zero-order chi connectivity index (χ0) is 16.2. The number of hydrogen-bond donors (Lipinski definition) is 2. The van der Waals surface area contributed by atoms with E-state index in [9.17, 15) is 4.79 Å². The smallest absolute Gasteiger partial charge is 0.239 e. The topological polar surface area (TPSA) is 67.6 Å². The molecule has 3 rings (SSSR count). The molecule has 0 radical (unpaired) electrons. The molecule has 1 amide bonds. The van der Waals surface area contributed by atoms with Crippen molar-refractivity contribution >= 4 is 17.3 Å². The second kappa shape index (κ2) is 6.60. The van der Waals surface area contributed by atoms with Crippen LogP contribution in [0.5, 0.6) is 5.75 Å². The van der Waals surface area contributed by atoms with Crippen molar-refractivity contribution in [1.82, 2.24) is 5.32 Å². The van der Waals surface area contributed by atoms with Crippen molar-refractivity contribution in [3.8, 4) is 5.75 Å². The molecule has 0 spiro atoms. The Morgan fingerprint density at radius 2 is 2.09 bits per heavy atom. The molecule has 0 bridgehead atoms. The van der Waals surface area contributed by atoms with Gasteiger partial charge in [-0.1, -0.05) is 30.3 Å². The van der Waals surface area contributed by atoms with E-state index < -0.39 is 0 Å². The van der Waals surface area contributed by atoms with E-state index in [1.807, 2.05) is 60.4 Å². The summed E-state index contributed by atoms with van der Waals surface area (Å²) in [5.74, 6) is 0.755. The Kier molecular flexibility index (Phi) is 4.37. The van der Waals surface area contributed by atoms with E-state index in [2.05, 4.69) is 5.32 Å². The summed E-state index contributed by atoms with van der Waals surface area (Å²) in [6.07, 6.45) is 0.0352. The number of carbonyl (C=O) groups is 1. The van der Waals surface area contributed by atoms with Crippen LogP contribution in [0.15, 0.2) is 48.5 Å². The fourth-order valence-electron chi connectivity index (χ4n) is 2.72. The molecule has 0 saturated heterocycles. The SMILES string of the molecule is CC1CN(CC(=O)NCc2ccccc2)c2cc(N)ccc2O1. The molecule has 2 aromatic rings. The first-order valence-electron chi connectivity index (χ1n) is 7.73. The molecule has 1 aliphatic rings. The lowest BCUT2D eigenvalue weighted by atomic mass is 10.1. The van der Waals surface area contributed by atoms with Crippen LogP contribution in [0.25, 0.3) is 0 Å². The second-order valence-corrected chi connectivity index (χ2v) is 5.80. The highest BCUT2D eigenvalue weighted by Gasteiger charge is 2.24. The molecule has 0 fully saturated rings. The van der Waals surface area contributed by atoms with Gasteiger partial charge >= 0.3 is 0 Å². The van der Waals surface area contributed by atoms with E-state index in [-0.39, 0.29) is 18.6 Å². The number of nitrogens with zero attached hydrogens (tertiary/aromatic N) is 1. The maximum absolute atomic E-state index is 12.3. The normalized spacial score (nSPS) is 16.4. The molecule has 1 heterocycles. The number of fused-ring (bicyclic) bond motifs is 1. The Morgan fingerprint density at radius 1 is 1.30 bits per heavy atom. The molecule has 1 aliphatic heterocycles. The summed E-state index contributed by atoms with van der Waals surface area (Å²) < 4.78 is 5.80. The second-order valence-electron chi connectivity index (χ2n) is 5.80. The number of carbonyl (C=O) groups excluding carboxylic acids is 1. The summed E-state index contributed by atoms with van der Waals surface area (Å²) in [6.45, 7) is 3.48. The quantitative estimate of drug-likeness (QED) is 0.849. The largest absolute Gasteiger partial charge is 0.487 e. The average Bonchev–Trinajstić information content (AvgIpc) is 2.54. The van der Waals surface area contributed by atoms with Crippen molar-refractivity contribution in [2.24, 2.45) is 0 Å². The van der Waals surface area contributed by atoms with Gasteiger partial charge < -0.3 is 20.7 Å². The molecular weight excluding hydrogens is 290 g/mol. The Hall–Kier alpha value is -2.69. The Morgan fingerprint density at radius 3 is 2.87 bits per heavy atom. The molecule has 0 aliphatic carbocycles.